The summed E-state index contributed by atoms with van der Waals surface area (Å²) in [7, 11) is 0. The number of carbonyl (C=O) groups is 1. The Hall–Kier alpha value is -1.46. The first kappa shape index (κ1) is 11.0. The average Bonchev–Trinajstić information content (AvgIpc) is 2.30. The predicted octanol–water partition coefficient (Wildman–Crippen LogP) is 1.61. The Morgan fingerprint density at radius 3 is 2.75 bits per heavy atom. The van der Waals surface area contributed by atoms with Gasteiger partial charge in [-0.15, -0.1) is 0 Å². The number of nitrogens with two attached hydrogens (primary N) is 1. The van der Waals surface area contributed by atoms with Crippen molar-refractivity contribution in [2.45, 2.75) is 6.04 Å². The van der Waals surface area contributed by atoms with E-state index in [9.17, 15) is 4.79 Å². The summed E-state index contributed by atoms with van der Waals surface area (Å²) in [5, 5.41) is -0.0304. The number of benzene rings is 1. The average molecular weight is 235 g/mol. The molecule has 1 amide bonds. The molecule has 5 heteroatoms. The highest BCUT2D eigenvalue weighted by Crippen LogP contribution is 2.11. The van der Waals surface area contributed by atoms with Gasteiger partial charge in [-0.2, -0.15) is 0 Å². The van der Waals surface area contributed by atoms with Crippen LogP contribution in [0.5, 0.6) is 0 Å². The van der Waals surface area contributed by atoms with Crippen molar-refractivity contribution in [2.24, 2.45) is 0 Å². The van der Waals surface area contributed by atoms with Gasteiger partial charge in [-0.05, 0) is 17.7 Å². The number of nitrogens with one attached hydrogen (secondary N) is 2. The van der Waals surface area contributed by atoms with Gasteiger partial charge in [0.1, 0.15) is 0 Å². The van der Waals surface area contributed by atoms with Gasteiger partial charge in [-0.3, -0.25) is 10.2 Å². The van der Waals surface area contributed by atoms with E-state index in [1.54, 1.807) is 0 Å². The Labute approximate surface area is 98.3 Å². The SMILES string of the molecule is Nc1ccc(C=CC2CSC(=O)NN2)cc1. The summed E-state index contributed by atoms with van der Waals surface area (Å²) in [6.07, 6.45) is 4.03. The number of hydrogen-bond donors (Lipinski definition) is 3. The summed E-state index contributed by atoms with van der Waals surface area (Å²) in [5.41, 5.74) is 12.9. The third-order valence-corrected chi connectivity index (χ3v) is 3.10. The van der Waals surface area contributed by atoms with Crippen LogP contribution in [-0.2, 0) is 0 Å². The Morgan fingerprint density at radius 1 is 1.38 bits per heavy atom. The van der Waals surface area contributed by atoms with Crippen molar-refractivity contribution in [3.05, 3.63) is 35.9 Å². The van der Waals surface area contributed by atoms with Gasteiger partial charge in [0.05, 0.1) is 6.04 Å². The van der Waals surface area contributed by atoms with Gasteiger partial charge in [0.25, 0.3) is 5.24 Å². The lowest BCUT2D eigenvalue weighted by molar-refractivity contribution is 0.254. The Bertz CT molecular complexity index is 392. The van der Waals surface area contributed by atoms with Crippen LogP contribution in [0.25, 0.3) is 6.08 Å². The van der Waals surface area contributed by atoms with Crippen molar-refractivity contribution in [1.82, 2.24) is 10.9 Å². The van der Waals surface area contributed by atoms with Crippen molar-refractivity contribution in [1.29, 1.82) is 0 Å². The number of thioether (sulfide) groups is 1. The molecule has 1 unspecified atom stereocenters. The van der Waals surface area contributed by atoms with Gasteiger partial charge >= 0.3 is 0 Å². The summed E-state index contributed by atoms with van der Waals surface area (Å²) >= 11 is 1.28. The number of anilines is 1. The van der Waals surface area contributed by atoms with Gasteiger partial charge in [-0.25, -0.2) is 5.43 Å². The second-order valence-corrected chi connectivity index (χ2v) is 4.49. The Balaban J connectivity index is 1.93. The van der Waals surface area contributed by atoms with Gasteiger partial charge < -0.3 is 5.73 Å². The normalized spacial score (nSPS) is 21.0. The first-order valence-corrected chi connectivity index (χ1v) is 5.94. The number of nitrogen functional groups attached to an aromatic ring is 1. The summed E-state index contributed by atoms with van der Waals surface area (Å²) in [6.45, 7) is 0. The lowest BCUT2D eigenvalue weighted by Crippen LogP contribution is -2.47. The second kappa shape index (κ2) is 5.05. The molecule has 1 fully saturated rings. The molecule has 1 aliphatic rings. The molecule has 1 aromatic rings. The van der Waals surface area contributed by atoms with E-state index in [2.05, 4.69) is 10.9 Å². The molecule has 0 bridgehead atoms. The zero-order valence-electron chi connectivity index (χ0n) is 8.64. The van der Waals surface area contributed by atoms with Crippen molar-refractivity contribution in [2.75, 3.05) is 11.5 Å². The van der Waals surface area contributed by atoms with E-state index in [1.807, 2.05) is 36.4 Å². The molecule has 1 aromatic carbocycles. The number of hydrogen-bond acceptors (Lipinski definition) is 4. The topological polar surface area (TPSA) is 67.2 Å². The van der Waals surface area contributed by atoms with E-state index in [0.717, 1.165) is 17.0 Å². The molecule has 1 aliphatic heterocycles. The fourth-order valence-corrected chi connectivity index (χ4v) is 1.99. The van der Waals surface area contributed by atoms with Gasteiger partial charge in [0, 0.05) is 11.4 Å². The molecule has 2 rings (SSSR count). The molecule has 0 radical (unpaired) electrons. The molecule has 4 nitrogen and oxygen atoms in total. The largest absolute Gasteiger partial charge is 0.399 e. The smallest absolute Gasteiger partial charge is 0.293 e. The van der Waals surface area contributed by atoms with E-state index in [-0.39, 0.29) is 11.3 Å². The molecule has 4 N–H and O–H groups in total. The maximum absolute atomic E-state index is 10.9. The van der Waals surface area contributed by atoms with Gasteiger partial charge in [0.15, 0.2) is 0 Å². The molecule has 0 aliphatic carbocycles. The Morgan fingerprint density at radius 2 is 2.12 bits per heavy atom. The van der Waals surface area contributed by atoms with Crippen LogP contribution < -0.4 is 16.6 Å². The van der Waals surface area contributed by atoms with E-state index in [0.29, 0.717) is 0 Å². The molecule has 1 atom stereocenters. The van der Waals surface area contributed by atoms with Gasteiger partial charge in [-0.1, -0.05) is 36.0 Å². The van der Waals surface area contributed by atoms with Crippen molar-refractivity contribution in [3.8, 4) is 0 Å². The van der Waals surface area contributed by atoms with Crippen LogP contribution in [0, 0.1) is 0 Å². The first-order chi connectivity index (χ1) is 7.74. The second-order valence-electron chi connectivity index (χ2n) is 3.50. The number of hydrazine groups is 1. The quantitative estimate of drug-likeness (QED) is 0.681. The van der Waals surface area contributed by atoms with Crippen molar-refractivity contribution >= 4 is 28.8 Å². The maximum atomic E-state index is 10.9. The third kappa shape index (κ3) is 3.01. The minimum absolute atomic E-state index is 0.0304. The van der Waals surface area contributed by atoms with Crippen LogP contribution in [0.2, 0.25) is 0 Å². The van der Waals surface area contributed by atoms with Crippen LogP contribution >= 0.6 is 11.8 Å². The number of rotatable bonds is 2. The highest BCUT2D eigenvalue weighted by atomic mass is 32.2. The fraction of sp³-hybridized carbons (Fsp3) is 0.182. The highest BCUT2D eigenvalue weighted by molar-refractivity contribution is 8.13. The summed E-state index contributed by atoms with van der Waals surface area (Å²) in [6, 6.07) is 7.82. The summed E-state index contributed by atoms with van der Waals surface area (Å²) in [4.78, 5) is 10.9. The predicted molar refractivity (Wildman–Crippen MR) is 67.8 cm³/mol. The van der Waals surface area contributed by atoms with Crippen LogP contribution in [0.4, 0.5) is 10.5 Å². The molecular weight excluding hydrogens is 222 g/mol. The van der Waals surface area contributed by atoms with Crippen molar-refractivity contribution < 1.29 is 4.79 Å². The van der Waals surface area contributed by atoms with Crippen LogP contribution in [0.15, 0.2) is 30.3 Å². The minimum atomic E-state index is -0.0304. The standard InChI is InChI=1S/C11H13N3OS/c12-9-4-1-8(2-5-9)3-6-10-7-16-11(15)14-13-10/h1-6,10,13H,7,12H2,(H,14,15). The summed E-state index contributed by atoms with van der Waals surface area (Å²) in [5.74, 6) is 0.747. The molecule has 84 valence electrons. The molecule has 0 aromatic heterocycles. The van der Waals surface area contributed by atoms with E-state index < -0.39 is 0 Å². The van der Waals surface area contributed by atoms with Crippen LogP contribution in [0.3, 0.4) is 0 Å². The van der Waals surface area contributed by atoms with Crippen LogP contribution in [-0.4, -0.2) is 17.0 Å². The van der Waals surface area contributed by atoms with E-state index in [1.165, 1.54) is 11.8 Å². The third-order valence-electron chi connectivity index (χ3n) is 2.21. The number of carbonyl (C=O) groups excluding carboxylic acids is 1. The van der Waals surface area contributed by atoms with Gasteiger partial charge in [0.2, 0.25) is 0 Å². The zero-order chi connectivity index (χ0) is 11.4. The first-order valence-electron chi connectivity index (χ1n) is 4.96. The van der Waals surface area contributed by atoms with Crippen molar-refractivity contribution in [3.63, 3.8) is 0 Å². The molecule has 1 heterocycles. The highest BCUT2D eigenvalue weighted by Gasteiger charge is 2.14. The molecule has 1 saturated heterocycles. The minimum Gasteiger partial charge on any atom is -0.399 e. The lowest BCUT2D eigenvalue weighted by Gasteiger charge is -2.20. The molecule has 16 heavy (non-hydrogen) atoms. The van der Waals surface area contributed by atoms with E-state index in [4.69, 9.17) is 5.73 Å². The molecule has 0 spiro atoms. The molecular formula is C11H13N3OS. The van der Waals surface area contributed by atoms with Crippen LogP contribution in [0.1, 0.15) is 5.56 Å². The lowest BCUT2D eigenvalue weighted by atomic mass is 10.1. The Kier molecular flexibility index (Phi) is 3.48. The summed E-state index contributed by atoms with van der Waals surface area (Å²) < 4.78 is 0. The molecule has 0 saturated carbocycles. The fourth-order valence-electron chi connectivity index (χ4n) is 1.33. The van der Waals surface area contributed by atoms with E-state index >= 15 is 0 Å². The zero-order valence-corrected chi connectivity index (χ0v) is 9.46. The number of amides is 1. The monoisotopic (exact) mass is 235 g/mol. The maximum Gasteiger partial charge on any atom is 0.293 e.